The second kappa shape index (κ2) is 6.81. The number of hydrogen-bond acceptors (Lipinski definition) is 3. The topological polar surface area (TPSA) is 46.6 Å². The van der Waals surface area contributed by atoms with Crippen LogP contribution in [0.3, 0.4) is 0 Å². The Balaban J connectivity index is 1.53. The minimum Gasteiger partial charge on any atom is -0.444 e. The molecule has 4 rings (SSSR count). The molecule has 27 heavy (non-hydrogen) atoms. The van der Waals surface area contributed by atoms with Gasteiger partial charge in [-0.15, -0.1) is 0 Å². The van der Waals surface area contributed by atoms with Crippen LogP contribution in [0.2, 0.25) is 0 Å². The van der Waals surface area contributed by atoms with E-state index in [0.717, 1.165) is 44.1 Å². The molecule has 144 valence electrons. The maximum absolute atomic E-state index is 13.3. The van der Waals surface area contributed by atoms with Gasteiger partial charge in [-0.25, -0.2) is 4.79 Å². The van der Waals surface area contributed by atoms with E-state index in [9.17, 15) is 9.59 Å². The molecule has 1 aromatic rings. The maximum atomic E-state index is 13.3. The fraction of sp³-hybridized carbons (Fsp3) is 0.565. The molecule has 0 radical (unpaired) electrons. The first kappa shape index (κ1) is 18.3. The van der Waals surface area contributed by atoms with Crippen molar-refractivity contribution in [3.8, 4) is 0 Å². The quantitative estimate of drug-likeness (QED) is 0.691. The van der Waals surface area contributed by atoms with Gasteiger partial charge >= 0.3 is 6.09 Å². The Morgan fingerprint density at radius 3 is 2.48 bits per heavy atom. The smallest absolute Gasteiger partial charge is 0.410 e. The zero-order valence-electron chi connectivity index (χ0n) is 16.5. The van der Waals surface area contributed by atoms with Crippen LogP contribution in [-0.4, -0.2) is 34.5 Å². The van der Waals surface area contributed by atoms with E-state index in [2.05, 4.69) is 18.2 Å². The van der Waals surface area contributed by atoms with Gasteiger partial charge in [0.25, 0.3) is 0 Å². The standard InChI is InChI=1S/C23H29NO3/c1-23(2,3)27-22(26)24-17-9-6-10-18(24)14-16(13-17)21(25)20-12-5-8-15-7-4-11-19(15)20/h4-5,7-8,12,16-18H,6,9-11,13-14H2,1-3H3. The third kappa shape index (κ3) is 3.54. The van der Waals surface area contributed by atoms with Crippen LogP contribution in [0, 0.1) is 5.92 Å². The summed E-state index contributed by atoms with van der Waals surface area (Å²) >= 11 is 0. The third-order valence-corrected chi connectivity index (χ3v) is 6.05. The van der Waals surface area contributed by atoms with Gasteiger partial charge in [0.2, 0.25) is 0 Å². The predicted molar refractivity (Wildman–Crippen MR) is 106 cm³/mol. The molecule has 3 aliphatic rings. The van der Waals surface area contributed by atoms with Crippen molar-refractivity contribution in [1.82, 2.24) is 4.90 Å². The molecule has 0 aromatic heterocycles. The molecule has 2 heterocycles. The summed E-state index contributed by atoms with van der Waals surface area (Å²) in [7, 11) is 0. The van der Waals surface area contributed by atoms with Crippen molar-refractivity contribution in [3.05, 3.63) is 41.0 Å². The summed E-state index contributed by atoms with van der Waals surface area (Å²) in [6, 6.07) is 6.28. The van der Waals surface area contributed by atoms with Gasteiger partial charge in [-0.3, -0.25) is 4.79 Å². The van der Waals surface area contributed by atoms with E-state index in [4.69, 9.17) is 4.74 Å². The van der Waals surface area contributed by atoms with Crippen molar-refractivity contribution in [2.24, 2.45) is 5.92 Å². The second-order valence-electron chi connectivity index (χ2n) is 9.14. The minimum atomic E-state index is -0.490. The number of nitrogens with zero attached hydrogens (tertiary/aromatic N) is 1. The van der Waals surface area contributed by atoms with Gasteiger partial charge in [-0.2, -0.15) is 0 Å². The number of amides is 1. The Morgan fingerprint density at radius 2 is 1.81 bits per heavy atom. The van der Waals surface area contributed by atoms with E-state index in [0.29, 0.717) is 0 Å². The summed E-state index contributed by atoms with van der Waals surface area (Å²) in [5.74, 6) is 0.266. The van der Waals surface area contributed by atoms with Crippen LogP contribution in [0.25, 0.3) is 6.08 Å². The Labute approximate surface area is 161 Å². The molecular weight excluding hydrogens is 338 g/mol. The van der Waals surface area contributed by atoms with Gasteiger partial charge in [0.05, 0.1) is 0 Å². The maximum Gasteiger partial charge on any atom is 0.410 e. The summed E-state index contributed by atoms with van der Waals surface area (Å²) in [6.07, 6.45) is 9.43. The highest BCUT2D eigenvalue weighted by Gasteiger charge is 2.44. The lowest BCUT2D eigenvalue weighted by atomic mass is 9.75. The van der Waals surface area contributed by atoms with E-state index < -0.39 is 5.60 Å². The number of Topliss-reactive ketones (excluding diaryl/α,β-unsaturated/α-hetero) is 1. The van der Waals surface area contributed by atoms with Gasteiger partial charge in [0.1, 0.15) is 5.60 Å². The highest BCUT2D eigenvalue weighted by atomic mass is 16.6. The molecular formula is C23H29NO3. The Morgan fingerprint density at radius 1 is 1.11 bits per heavy atom. The second-order valence-corrected chi connectivity index (χ2v) is 9.14. The molecule has 4 nitrogen and oxygen atoms in total. The molecule has 0 N–H and O–H groups in total. The summed E-state index contributed by atoms with van der Waals surface area (Å²) < 4.78 is 5.65. The largest absolute Gasteiger partial charge is 0.444 e. The normalized spacial score (nSPS) is 26.6. The summed E-state index contributed by atoms with van der Waals surface area (Å²) in [5.41, 5.74) is 2.73. The highest BCUT2D eigenvalue weighted by molar-refractivity contribution is 6.00. The van der Waals surface area contributed by atoms with E-state index in [1.54, 1.807) is 0 Å². The summed E-state index contributed by atoms with van der Waals surface area (Å²) in [5, 5.41) is 0. The van der Waals surface area contributed by atoms with E-state index in [1.165, 1.54) is 11.1 Å². The molecule has 2 unspecified atom stereocenters. The average molecular weight is 367 g/mol. The Bertz CT molecular complexity index is 775. The van der Waals surface area contributed by atoms with E-state index in [-0.39, 0.29) is 29.9 Å². The lowest BCUT2D eigenvalue weighted by molar-refractivity contribution is -0.0260. The Kier molecular flexibility index (Phi) is 4.61. The fourth-order valence-corrected chi connectivity index (χ4v) is 4.95. The van der Waals surface area contributed by atoms with Crippen LogP contribution < -0.4 is 0 Å². The van der Waals surface area contributed by atoms with Crippen LogP contribution >= 0.6 is 0 Å². The first-order valence-electron chi connectivity index (χ1n) is 10.2. The lowest BCUT2D eigenvalue weighted by Crippen LogP contribution is -2.56. The van der Waals surface area contributed by atoms with Gasteiger partial charge in [-0.05, 0) is 70.4 Å². The molecule has 1 aliphatic carbocycles. The number of benzene rings is 1. The highest BCUT2D eigenvalue weighted by Crippen LogP contribution is 2.40. The molecule has 1 amide bonds. The first-order chi connectivity index (χ1) is 12.8. The molecule has 0 saturated carbocycles. The molecule has 2 saturated heterocycles. The molecule has 2 bridgehead atoms. The number of carbonyl (C=O) groups excluding carboxylic acids is 2. The number of carbonyl (C=O) groups is 2. The molecule has 0 spiro atoms. The molecule has 2 atom stereocenters. The Hall–Kier alpha value is -2.10. The van der Waals surface area contributed by atoms with Gasteiger partial charge in [0.15, 0.2) is 5.78 Å². The minimum absolute atomic E-state index is 0.00564. The van der Waals surface area contributed by atoms with Crippen LogP contribution in [0.4, 0.5) is 4.79 Å². The number of hydrogen-bond donors (Lipinski definition) is 0. The van der Waals surface area contributed by atoms with Crippen molar-refractivity contribution in [2.45, 2.75) is 77.0 Å². The summed E-state index contributed by atoms with van der Waals surface area (Å²) in [4.78, 5) is 28.0. The number of rotatable bonds is 2. The van der Waals surface area contributed by atoms with Gasteiger partial charge < -0.3 is 9.64 Å². The van der Waals surface area contributed by atoms with Crippen molar-refractivity contribution in [3.63, 3.8) is 0 Å². The zero-order chi connectivity index (χ0) is 19.2. The molecule has 1 aromatic carbocycles. The summed E-state index contributed by atoms with van der Waals surface area (Å²) in [6.45, 7) is 5.71. The average Bonchev–Trinajstić information content (AvgIpc) is 3.07. The van der Waals surface area contributed by atoms with Crippen LogP contribution in [-0.2, 0) is 11.2 Å². The lowest BCUT2D eigenvalue weighted by Gasteiger charge is -2.48. The number of ether oxygens (including phenoxy) is 1. The SMILES string of the molecule is CC(C)(C)OC(=O)N1C2CCCC1CC(C(=O)c1cccc3c1CC=C3)C2. The van der Waals surface area contributed by atoms with Crippen molar-refractivity contribution in [1.29, 1.82) is 0 Å². The van der Waals surface area contributed by atoms with Gasteiger partial charge in [0, 0.05) is 23.6 Å². The monoisotopic (exact) mass is 367 g/mol. The predicted octanol–water partition coefficient (Wildman–Crippen LogP) is 5.01. The number of piperidine rings is 2. The van der Waals surface area contributed by atoms with Crippen molar-refractivity contribution >= 4 is 18.0 Å². The number of ketones is 1. The van der Waals surface area contributed by atoms with E-state index >= 15 is 0 Å². The zero-order valence-corrected chi connectivity index (χ0v) is 16.5. The van der Waals surface area contributed by atoms with Gasteiger partial charge in [-0.1, -0.05) is 30.4 Å². The number of fused-ring (bicyclic) bond motifs is 3. The fourth-order valence-electron chi connectivity index (χ4n) is 4.95. The molecule has 4 heteroatoms. The van der Waals surface area contributed by atoms with Crippen molar-refractivity contribution < 1.29 is 14.3 Å². The van der Waals surface area contributed by atoms with Crippen LogP contribution in [0.15, 0.2) is 24.3 Å². The first-order valence-corrected chi connectivity index (χ1v) is 10.2. The van der Waals surface area contributed by atoms with Crippen molar-refractivity contribution in [2.75, 3.05) is 0 Å². The third-order valence-electron chi connectivity index (χ3n) is 6.05. The van der Waals surface area contributed by atoms with E-state index in [1.807, 2.05) is 37.8 Å². The number of allylic oxidation sites excluding steroid dienone is 1. The molecule has 2 fully saturated rings. The van der Waals surface area contributed by atoms with Crippen LogP contribution in [0.5, 0.6) is 0 Å². The van der Waals surface area contributed by atoms with Crippen LogP contribution in [0.1, 0.15) is 74.4 Å². The molecule has 2 aliphatic heterocycles.